The van der Waals surface area contributed by atoms with E-state index in [1.165, 1.54) is 0 Å². The normalized spacial score (nSPS) is 18.1. The predicted octanol–water partition coefficient (Wildman–Crippen LogP) is 3.08. The second-order valence-corrected chi connectivity index (χ2v) is 4.38. The molecule has 3 nitrogen and oxygen atoms in total. The lowest BCUT2D eigenvalue weighted by Crippen LogP contribution is -2.14. The van der Waals surface area contributed by atoms with Crippen LogP contribution in [-0.2, 0) is 4.79 Å². The Morgan fingerprint density at radius 2 is 2.18 bits per heavy atom. The SMILES string of the molecule is Cc1ccc(C#N)c(N=C2CCCC(=O)C2)c1. The third-order valence-electron chi connectivity index (χ3n) is 2.87. The molecule has 0 aromatic heterocycles. The van der Waals surface area contributed by atoms with E-state index in [9.17, 15) is 4.79 Å². The molecule has 1 aliphatic carbocycles. The number of nitrogens with zero attached hydrogens (tertiary/aromatic N) is 2. The van der Waals surface area contributed by atoms with Gasteiger partial charge in [-0.1, -0.05) is 6.07 Å². The van der Waals surface area contributed by atoms with Crippen LogP contribution in [0.5, 0.6) is 0 Å². The summed E-state index contributed by atoms with van der Waals surface area (Å²) in [6.07, 6.45) is 2.85. The smallest absolute Gasteiger partial charge is 0.138 e. The van der Waals surface area contributed by atoms with Crippen molar-refractivity contribution in [1.29, 1.82) is 5.26 Å². The number of hydrogen-bond acceptors (Lipinski definition) is 3. The number of aryl methyl sites for hydroxylation is 1. The highest BCUT2D eigenvalue weighted by molar-refractivity contribution is 6.05. The quantitative estimate of drug-likeness (QED) is 0.738. The maximum Gasteiger partial charge on any atom is 0.138 e. The van der Waals surface area contributed by atoms with E-state index in [2.05, 4.69) is 11.1 Å². The van der Waals surface area contributed by atoms with E-state index in [1.807, 2.05) is 19.1 Å². The van der Waals surface area contributed by atoms with Crippen molar-refractivity contribution in [3.05, 3.63) is 29.3 Å². The van der Waals surface area contributed by atoms with Gasteiger partial charge in [0.1, 0.15) is 11.9 Å². The fourth-order valence-electron chi connectivity index (χ4n) is 1.99. The van der Waals surface area contributed by atoms with E-state index in [-0.39, 0.29) is 5.78 Å². The molecule has 17 heavy (non-hydrogen) atoms. The van der Waals surface area contributed by atoms with Crippen LogP contribution in [0, 0.1) is 18.3 Å². The Morgan fingerprint density at radius 3 is 2.88 bits per heavy atom. The van der Waals surface area contributed by atoms with Gasteiger partial charge in [-0.3, -0.25) is 9.79 Å². The summed E-state index contributed by atoms with van der Waals surface area (Å²) in [5.74, 6) is 0.251. The average Bonchev–Trinajstić information content (AvgIpc) is 2.29. The zero-order chi connectivity index (χ0) is 12.3. The number of rotatable bonds is 1. The lowest BCUT2D eigenvalue weighted by molar-refractivity contribution is -0.118. The molecule has 2 rings (SSSR count). The van der Waals surface area contributed by atoms with Gasteiger partial charge >= 0.3 is 0 Å². The summed E-state index contributed by atoms with van der Waals surface area (Å²) in [4.78, 5) is 15.8. The molecule has 1 fully saturated rings. The van der Waals surface area contributed by atoms with Gasteiger partial charge in [-0.25, -0.2) is 0 Å². The molecule has 0 N–H and O–H groups in total. The monoisotopic (exact) mass is 226 g/mol. The van der Waals surface area contributed by atoms with Gasteiger partial charge in [0.05, 0.1) is 11.3 Å². The molecule has 0 amide bonds. The van der Waals surface area contributed by atoms with Crippen LogP contribution in [0.1, 0.15) is 36.8 Å². The van der Waals surface area contributed by atoms with Gasteiger partial charge < -0.3 is 0 Å². The molecule has 0 unspecified atom stereocenters. The molecule has 0 spiro atoms. The summed E-state index contributed by atoms with van der Waals surface area (Å²) in [6.45, 7) is 1.97. The van der Waals surface area contributed by atoms with Gasteiger partial charge in [0.15, 0.2) is 0 Å². The van der Waals surface area contributed by atoms with Crippen LogP contribution in [0.2, 0.25) is 0 Å². The maximum absolute atomic E-state index is 11.3. The van der Waals surface area contributed by atoms with Crippen molar-refractivity contribution < 1.29 is 4.79 Å². The molecule has 0 atom stereocenters. The second kappa shape index (κ2) is 4.92. The minimum atomic E-state index is 0.251. The van der Waals surface area contributed by atoms with Crippen molar-refractivity contribution >= 4 is 17.2 Å². The summed E-state index contributed by atoms with van der Waals surface area (Å²) in [5, 5.41) is 9.00. The van der Waals surface area contributed by atoms with Gasteiger partial charge in [0, 0.05) is 18.6 Å². The lowest BCUT2D eigenvalue weighted by atomic mass is 9.97. The van der Waals surface area contributed by atoms with E-state index in [4.69, 9.17) is 5.26 Å². The number of ketones is 1. The molecular weight excluding hydrogens is 212 g/mol. The summed E-state index contributed by atoms with van der Waals surface area (Å²) >= 11 is 0. The highest BCUT2D eigenvalue weighted by Gasteiger charge is 2.14. The minimum Gasteiger partial charge on any atom is -0.299 e. The molecule has 0 bridgehead atoms. The molecule has 3 heteroatoms. The first-order valence-corrected chi connectivity index (χ1v) is 5.78. The predicted molar refractivity (Wildman–Crippen MR) is 66.5 cm³/mol. The Kier molecular flexibility index (Phi) is 3.34. The van der Waals surface area contributed by atoms with E-state index >= 15 is 0 Å². The molecule has 0 heterocycles. The van der Waals surface area contributed by atoms with E-state index in [0.29, 0.717) is 24.1 Å². The number of hydrogen-bond donors (Lipinski definition) is 0. The molecule has 1 aromatic carbocycles. The first-order chi connectivity index (χ1) is 8.19. The van der Waals surface area contributed by atoms with Crippen molar-refractivity contribution in [2.24, 2.45) is 4.99 Å². The second-order valence-electron chi connectivity index (χ2n) is 4.38. The Morgan fingerprint density at radius 1 is 1.35 bits per heavy atom. The minimum absolute atomic E-state index is 0.251. The highest BCUT2D eigenvalue weighted by atomic mass is 16.1. The van der Waals surface area contributed by atoms with Gasteiger partial charge in [-0.2, -0.15) is 5.26 Å². The Labute approximate surface area is 101 Å². The van der Waals surface area contributed by atoms with Gasteiger partial charge in [0.2, 0.25) is 0 Å². The number of carbonyl (C=O) groups excluding carboxylic acids is 1. The van der Waals surface area contributed by atoms with Crippen LogP contribution in [0.3, 0.4) is 0 Å². The number of carbonyl (C=O) groups is 1. The third-order valence-corrected chi connectivity index (χ3v) is 2.87. The first kappa shape index (κ1) is 11.5. The highest BCUT2D eigenvalue weighted by Crippen LogP contribution is 2.23. The van der Waals surface area contributed by atoms with E-state index in [1.54, 1.807) is 6.07 Å². The van der Waals surface area contributed by atoms with Crippen molar-refractivity contribution in [3.63, 3.8) is 0 Å². The van der Waals surface area contributed by atoms with Crippen molar-refractivity contribution in [2.45, 2.75) is 32.6 Å². The van der Waals surface area contributed by atoms with Crippen LogP contribution in [0.4, 0.5) is 5.69 Å². The number of nitriles is 1. The summed E-state index contributed by atoms with van der Waals surface area (Å²) in [6, 6.07) is 7.70. The summed E-state index contributed by atoms with van der Waals surface area (Å²) in [5.41, 5.74) is 3.24. The van der Waals surface area contributed by atoms with Crippen LogP contribution in [0.15, 0.2) is 23.2 Å². The molecule has 1 saturated carbocycles. The molecule has 1 aliphatic rings. The Hall–Kier alpha value is -1.95. The molecule has 0 aliphatic heterocycles. The van der Waals surface area contributed by atoms with E-state index < -0.39 is 0 Å². The van der Waals surface area contributed by atoms with Gasteiger partial charge in [0.25, 0.3) is 0 Å². The first-order valence-electron chi connectivity index (χ1n) is 5.78. The lowest BCUT2D eigenvalue weighted by Gasteiger charge is -2.12. The largest absolute Gasteiger partial charge is 0.299 e. The van der Waals surface area contributed by atoms with Crippen LogP contribution in [0.25, 0.3) is 0 Å². The molecule has 86 valence electrons. The maximum atomic E-state index is 11.3. The number of Topliss-reactive ketones (excluding diaryl/α,β-unsaturated/α-hetero) is 1. The van der Waals surface area contributed by atoms with E-state index in [0.717, 1.165) is 24.1 Å². The summed E-state index contributed by atoms with van der Waals surface area (Å²) < 4.78 is 0. The Bertz CT molecular complexity index is 524. The zero-order valence-corrected chi connectivity index (χ0v) is 9.86. The fourth-order valence-corrected chi connectivity index (χ4v) is 1.99. The Balaban J connectivity index is 2.34. The average molecular weight is 226 g/mol. The fraction of sp³-hybridized carbons (Fsp3) is 0.357. The van der Waals surface area contributed by atoms with Gasteiger partial charge in [-0.05, 0) is 37.5 Å². The number of benzene rings is 1. The zero-order valence-electron chi connectivity index (χ0n) is 9.86. The molecule has 0 saturated heterocycles. The third kappa shape index (κ3) is 2.79. The summed E-state index contributed by atoms with van der Waals surface area (Å²) in [7, 11) is 0. The topological polar surface area (TPSA) is 53.2 Å². The molecule has 0 radical (unpaired) electrons. The standard InChI is InChI=1S/C14H14N2O/c1-10-5-6-11(9-15)14(7-10)16-12-3-2-4-13(17)8-12/h5-7H,2-4,8H2,1H3. The number of aliphatic imine (C=N–C) groups is 1. The molecule has 1 aromatic rings. The van der Waals surface area contributed by atoms with Crippen LogP contribution in [-0.4, -0.2) is 11.5 Å². The van der Waals surface area contributed by atoms with Crippen molar-refractivity contribution in [2.75, 3.05) is 0 Å². The van der Waals surface area contributed by atoms with Gasteiger partial charge in [-0.15, -0.1) is 0 Å². The van der Waals surface area contributed by atoms with Crippen LogP contribution < -0.4 is 0 Å². The molecular formula is C14H14N2O. The van der Waals surface area contributed by atoms with Crippen molar-refractivity contribution in [3.8, 4) is 6.07 Å². The van der Waals surface area contributed by atoms with Crippen molar-refractivity contribution in [1.82, 2.24) is 0 Å². The van der Waals surface area contributed by atoms with Crippen LogP contribution >= 0.6 is 0 Å².